The first kappa shape index (κ1) is 23.1. The standard InChI is InChI=1S/C16H23F2N3O.2ClH/c1-12(21(2)10-13-6-4-3-5-7-13)9-19-15(22)14-8-16(17,18)11-20-14;;/h3-7,12,14,20H,8-11H2,1-2H3,(H,19,22);2*1H. The van der Waals surface area contributed by atoms with Gasteiger partial charge in [-0.2, -0.15) is 0 Å². The van der Waals surface area contributed by atoms with Crippen LogP contribution in [0, 0.1) is 0 Å². The first-order valence-electron chi connectivity index (χ1n) is 7.50. The highest BCUT2D eigenvalue weighted by molar-refractivity contribution is 5.85. The quantitative estimate of drug-likeness (QED) is 0.792. The normalized spacial score (nSPS) is 20.0. The summed E-state index contributed by atoms with van der Waals surface area (Å²) in [4.78, 5) is 14.0. The summed E-state index contributed by atoms with van der Waals surface area (Å²) < 4.78 is 26.1. The number of rotatable bonds is 6. The van der Waals surface area contributed by atoms with E-state index < -0.39 is 24.9 Å². The number of carbonyl (C=O) groups is 1. The van der Waals surface area contributed by atoms with Crippen molar-refractivity contribution in [2.75, 3.05) is 20.1 Å². The highest BCUT2D eigenvalue weighted by Crippen LogP contribution is 2.25. The lowest BCUT2D eigenvalue weighted by Gasteiger charge is -2.25. The van der Waals surface area contributed by atoms with Gasteiger partial charge in [-0.1, -0.05) is 30.3 Å². The van der Waals surface area contributed by atoms with Gasteiger partial charge in [0.05, 0.1) is 12.6 Å². The van der Waals surface area contributed by atoms with Crippen molar-refractivity contribution in [1.82, 2.24) is 15.5 Å². The van der Waals surface area contributed by atoms with Crippen molar-refractivity contribution >= 4 is 30.7 Å². The lowest BCUT2D eigenvalue weighted by Crippen LogP contribution is -2.45. The molecule has 4 nitrogen and oxygen atoms in total. The van der Waals surface area contributed by atoms with Crippen LogP contribution in [0.15, 0.2) is 30.3 Å². The predicted molar refractivity (Wildman–Crippen MR) is 96.2 cm³/mol. The van der Waals surface area contributed by atoms with Crippen LogP contribution < -0.4 is 10.6 Å². The highest BCUT2D eigenvalue weighted by atomic mass is 35.5. The van der Waals surface area contributed by atoms with Gasteiger partial charge in [0, 0.05) is 25.6 Å². The van der Waals surface area contributed by atoms with Gasteiger partial charge in [-0.15, -0.1) is 24.8 Å². The number of likely N-dealkylation sites (N-methyl/N-ethyl adjacent to an activating group) is 1. The van der Waals surface area contributed by atoms with Crippen molar-refractivity contribution in [2.24, 2.45) is 0 Å². The van der Waals surface area contributed by atoms with E-state index in [2.05, 4.69) is 15.5 Å². The van der Waals surface area contributed by atoms with E-state index in [-0.39, 0.29) is 36.8 Å². The summed E-state index contributed by atoms with van der Waals surface area (Å²) in [5.74, 6) is -3.13. The molecule has 138 valence electrons. The number of benzene rings is 1. The molecule has 1 aliphatic rings. The molecule has 0 radical (unpaired) electrons. The Morgan fingerprint density at radius 1 is 1.38 bits per heavy atom. The van der Waals surface area contributed by atoms with E-state index >= 15 is 0 Å². The third kappa shape index (κ3) is 6.89. The minimum absolute atomic E-state index is 0. The second kappa shape index (κ2) is 10.1. The van der Waals surface area contributed by atoms with Gasteiger partial charge < -0.3 is 5.32 Å². The second-order valence-electron chi connectivity index (χ2n) is 5.99. The molecule has 1 heterocycles. The third-order valence-corrected chi connectivity index (χ3v) is 4.03. The Bertz CT molecular complexity index is 505. The van der Waals surface area contributed by atoms with Crippen LogP contribution in [-0.2, 0) is 11.3 Å². The average Bonchev–Trinajstić information content (AvgIpc) is 2.85. The molecule has 1 aromatic carbocycles. The molecule has 1 fully saturated rings. The molecule has 1 saturated heterocycles. The second-order valence-corrected chi connectivity index (χ2v) is 5.99. The van der Waals surface area contributed by atoms with Crippen molar-refractivity contribution in [2.45, 2.75) is 37.9 Å². The summed E-state index contributed by atoms with van der Waals surface area (Å²) in [6.45, 7) is 2.79. The van der Waals surface area contributed by atoms with Crippen molar-refractivity contribution < 1.29 is 13.6 Å². The maximum absolute atomic E-state index is 13.1. The number of hydrogen-bond donors (Lipinski definition) is 2. The number of carbonyl (C=O) groups excluding carboxylic acids is 1. The zero-order valence-corrected chi connectivity index (χ0v) is 15.4. The SMILES string of the molecule is CC(CNC(=O)C1CC(F)(F)CN1)N(C)Cc1ccccc1.Cl.Cl. The largest absolute Gasteiger partial charge is 0.353 e. The first-order valence-corrected chi connectivity index (χ1v) is 7.50. The van der Waals surface area contributed by atoms with E-state index in [1.807, 2.05) is 44.3 Å². The average molecular weight is 384 g/mol. The van der Waals surface area contributed by atoms with Crippen molar-refractivity contribution in [3.63, 3.8) is 0 Å². The number of amides is 1. The Morgan fingerprint density at radius 2 is 2.00 bits per heavy atom. The number of nitrogens with zero attached hydrogens (tertiary/aromatic N) is 1. The number of alkyl halides is 2. The van der Waals surface area contributed by atoms with Gasteiger partial charge >= 0.3 is 0 Å². The van der Waals surface area contributed by atoms with Gasteiger partial charge in [0.1, 0.15) is 0 Å². The van der Waals surface area contributed by atoms with E-state index in [4.69, 9.17) is 0 Å². The summed E-state index contributed by atoms with van der Waals surface area (Å²) in [5, 5.41) is 5.32. The van der Waals surface area contributed by atoms with E-state index in [0.717, 1.165) is 6.54 Å². The fourth-order valence-corrected chi connectivity index (χ4v) is 2.46. The molecule has 1 aromatic rings. The smallest absolute Gasteiger partial charge is 0.262 e. The van der Waals surface area contributed by atoms with Gasteiger partial charge in [-0.05, 0) is 19.5 Å². The van der Waals surface area contributed by atoms with Crippen molar-refractivity contribution in [1.29, 1.82) is 0 Å². The Hall–Kier alpha value is -0.950. The van der Waals surface area contributed by atoms with Crippen LogP contribution in [0.1, 0.15) is 18.9 Å². The highest BCUT2D eigenvalue weighted by Gasteiger charge is 2.42. The number of hydrogen-bond acceptors (Lipinski definition) is 3. The van der Waals surface area contributed by atoms with Crippen LogP contribution >= 0.6 is 24.8 Å². The van der Waals surface area contributed by atoms with Crippen LogP contribution in [0.4, 0.5) is 8.78 Å². The number of nitrogens with one attached hydrogen (secondary N) is 2. The zero-order chi connectivity index (χ0) is 16.2. The molecule has 2 atom stereocenters. The van der Waals surface area contributed by atoms with Crippen LogP contribution in [-0.4, -0.2) is 49.0 Å². The fourth-order valence-electron chi connectivity index (χ4n) is 2.46. The lowest BCUT2D eigenvalue weighted by atomic mass is 10.1. The van der Waals surface area contributed by atoms with Gasteiger partial charge in [0.15, 0.2) is 0 Å². The van der Waals surface area contributed by atoms with Crippen LogP contribution in [0.3, 0.4) is 0 Å². The molecular weight excluding hydrogens is 359 g/mol. The third-order valence-electron chi connectivity index (χ3n) is 4.03. The first-order chi connectivity index (χ1) is 10.4. The van der Waals surface area contributed by atoms with Crippen LogP contribution in [0.2, 0.25) is 0 Å². The molecule has 1 amide bonds. The van der Waals surface area contributed by atoms with Gasteiger partial charge in [0.25, 0.3) is 5.92 Å². The van der Waals surface area contributed by atoms with Crippen molar-refractivity contribution in [3.8, 4) is 0 Å². The zero-order valence-electron chi connectivity index (χ0n) is 13.8. The summed E-state index contributed by atoms with van der Waals surface area (Å²) in [7, 11) is 1.98. The molecule has 0 bridgehead atoms. The molecule has 2 rings (SSSR count). The summed E-state index contributed by atoms with van der Waals surface area (Å²) in [6.07, 6.45) is -0.424. The van der Waals surface area contributed by atoms with Crippen LogP contribution in [0.5, 0.6) is 0 Å². The van der Waals surface area contributed by atoms with Gasteiger partial charge in [-0.3, -0.25) is 15.0 Å². The maximum Gasteiger partial charge on any atom is 0.262 e. The minimum atomic E-state index is -2.78. The fraction of sp³-hybridized carbons (Fsp3) is 0.562. The molecule has 2 unspecified atom stereocenters. The van der Waals surface area contributed by atoms with E-state index in [9.17, 15) is 13.6 Å². The van der Waals surface area contributed by atoms with E-state index in [0.29, 0.717) is 6.54 Å². The van der Waals surface area contributed by atoms with E-state index in [1.54, 1.807) is 0 Å². The van der Waals surface area contributed by atoms with Gasteiger partial charge in [-0.25, -0.2) is 8.78 Å². The molecule has 0 spiro atoms. The summed E-state index contributed by atoms with van der Waals surface area (Å²) in [5.41, 5.74) is 1.19. The molecule has 2 N–H and O–H groups in total. The molecule has 0 aliphatic carbocycles. The topological polar surface area (TPSA) is 44.4 Å². The monoisotopic (exact) mass is 383 g/mol. The lowest BCUT2D eigenvalue weighted by molar-refractivity contribution is -0.123. The van der Waals surface area contributed by atoms with E-state index in [1.165, 1.54) is 5.56 Å². The predicted octanol–water partition coefficient (Wildman–Crippen LogP) is 2.46. The molecule has 0 saturated carbocycles. The Kier molecular flexibility index (Phi) is 9.73. The maximum atomic E-state index is 13.1. The summed E-state index contributed by atoms with van der Waals surface area (Å²) in [6, 6.07) is 9.37. The van der Waals surface area contributed by atoms with Crippen molar-refractivity contribution in [3.05, 3.63) is 35.9 Å². The number of halogens is 4. The Labute approximate surface area is 154 Å². The van der Waals surface area contributed by atoms with Gasteiger partial charge in [0.2, 0.25) is 5.91 Å². The molecule has 0 aromatic heterocycles. The molecule has 1 aliphatic heterocycles. The minimum Gasteiger partial charge on any atom is -0.353 e. The Balaban J connectivity index is 0.00000264. The summed E-state index contributed by atoms with van der Waals surface area (Å²) >= 11 is 0. The molecular formula is C16H25Cl2F2N3O. The molecule has 24 heavy (non-hydrogen) atoms. The van der Waals surface area contributed by atoms with Crippen LogP contribution in [0.25, 0.3) is 0 Å². The Morgan fingerprint density at radius 3 is 2.54 bits per heavy atom. The molecule has 8 heteroatoms.